The minimum Gasteiger partial charge on any atom is -0.459 e. The molecule has 0 bridgehead atoms. The topological polar surface area (TPSA) is 97.4 Å². The molecule has 1 aliphatic heterocycles. The molecule has 0 N–H and O–H groups in total. The van der Waals surface area contributed by atoms with Gasteiger partial charge in [0.1, 0.15) is 18.1 Å². The third kappa shape index (κ3) is 6.54. The van der Waals surface area contributed by atoms with Crippen LogP contribution in [0.25, 0.3) is 0 Å². The van der Waals surface area contributed by atoms with E-state index in [2.05, 4.69) is 0 Å². The average Bonchev–Trinajstić information content (AvgIpc) is 2.95. The van der Waals surface area contributed by atoms with Crippen LogP contribution in [0.15, 0.2) is 91.0 Å². The van der Waals surface area contributed by atoms with Crippen molar-refractivity contribution in [2.24, 2.45) is 0 Å². The third-order valence-corrected chi connectivity index (χ3v) is 6.23. The summed E-state index contributed by atoms with van der Waals surface area (Å²) in [6, 6.07) is 25.1. The molecule has 192 valence electrons. The molecule has 0 spiro atoms. The molecule has 5 atom stereocenters. The van der Waals surface area contributed by atoms with Crippen LogP contribution in [0.3, 0.4) is 0 Å². The number of ether oxygens (including phenoxy) is 5. The summed E-state index contributed by atoms with van der Waals surface area (Å²) < 4.78 is 28.2. The SMILES string of the molecule is CO[C@H]1O[C@H](COC(=O)c2ccccc2)[C@@H](Cl)[C@@H](OC(=O)c2ccccc2)[C@@H]1OC(=O)c1ccccc1. The first-order chi connectivity index (χ1) is 18.0. The highest BCUT2D eigenvalue weighted by atomic mass is 35.5. The van der Waals surface area contributed by atoms with E-state index in [0.717, 1.165) is 0 Å². The van der Waals surface area contributed by atoms with Crippen LogP contribution in [0.1, 0.15) is 31.1 Å². The fourth-order valence-electron chi connectivity index (χ4n) is 3.80. The monoisotopic (exact) mass is 524 g/mol. The molecule has 3 aromatic rings. The van der Waals surface area contributed by atoms with Crippen LogP contribution in [0, 0.1) is 0 Å². The fraction of sp³-hybridized carbons (Fsp3) is 0.250. The minimum atomic E-state index is -1.20. The summed E-state index contributed by atoms with van der Waals surface area (Å²) in [7, 11) is 1.35. The highest BCUT2D eigenvalue weighted by Crippen LogP contribution is 2.31. The Kier molecular flexibility index (Phi) is 8.90. The van der Waals surface area contributed by atoms with Crippen molar-refractivity contribution in [3.63, 3.8) is 0 Å². The quantitative estimate of drug-likeness (QED) is 0.245. The second-order valence-corrected chi connectivity index (χ2v) is 8.66. The smallest absolute Gasteiger partial charge is 0.338 e. The lowest BCUT2D eigenvalue weighted by Gasteiger charge is -2.42. The summed E-state index contributed by atoms with van der Waals surface area (Å²) in [6.45, 7) is -0.250. The predicted octanol–water partition coefficient (Wildman–Crippen LogP) is 4.27. The second-order valence-electron chi connectivity index (χ2n) is 8.16. The van der Waals surface area contributed by atoms with Gasteiger partial charge in [-0.25, -0.2) is 14.4 Å². The Hall–Kier alpha value is -3.72. The summed E-state index contributed by atoms with van der Waals surface area (Å²) in [5, 5.41) is -1.05. The Balaban J connectivity index is 1.55. The number of carbonyl (C=O) groups excluding carboxylic acids is 3. The summed E-state index contributed by atoms with van der Waals surface area (Å²) in [5.74, 6) is -1.92. The van der Waals surface area contributed by atoms with E-state index in [1.165, 1.54) is 7.11 Å². The molecule has 0 radical (unpaired) electrons. The lowest BCUT2D eigenvalue weighted by Crippen LogP contribution is -2.60. The number of hydrogen-bond acceptors (Lipinski definition) is 8. The van der Waals surface area contributed by atoms with Crippen molar-refractivity contribution >= 4 is 29.5 Å². The lowest BCUT2D eigenvalue weighted by atomic mass is 10.0. The van der Waals surface area contributed by atoms with Crippen molar-refractivity contribution in [1.29, 1.82) is 0 Å². The van der Waals surface area contributed by atoms with E-state index >= 15 is 0 Å². The number of methoxy groups -OCH3 is 1. The molecule has 37 heavy (non-hydrogen) atoms. The van der Waals surface area contributed by atoms with Gasteiger partial charge in [0.25, 0.3) is 0 Å². The first-order valence-corrected chi connectivity index (χ1v) is 12.0. The van der Waals surface area contributed by atoms with Crippen molar-refractivity contribution in [3.8, 4) is 0 Å². The highest BCUT2D eigenvalue weighted by Gasteiger charge is 2.50. The van der Waals surface area contributed by atoms with Crippen LogP contribution < -0.4 is 0 Å². The van der Waals surface area contributed by atoms with E-state index < -0.39 is 47.9 Å². The molecule has 1 aliphatic rings. The number of halogens is 1. The molecule has 8 nitrogen and oxygen atoms in total. The van der Waals surface area contributed by atoms with Gasteiger partial charge in [0, 0.05) is 7.11 Å². The van der Waals surface area contributed by atoms with Crippen molar-refractivity contribution in [2.75, 3.05) is 13.7 Å². The van der Waals surface area contributed by atoms with Gasteiger partial charge in [0.05, 0.1) is 16.7 Å². The lowest BCUT2D eigenvalue weighted by molar-refractivity contribution is -0.259. The van der Waals surface area contributed by atoms with Gasteiger partial charge < -0.3 is 23.7 Å². The highest BCUT2D eigenvalue weighted by molar-refractivity contribution is 6.21. The summed E-state index contributed by atoms with van der Waals surface area (Å²) >= 11 is 6.72. The van der Waals surface area contributed by atoms with Gasteiger partial charge in [-0.15, -0.1) is 11.6 Å². The van der Waals surface area contributed by atoms with E-state index in [0.29, 0.717) is 5.56 Å². The van der Waals surface area contributed by atoms with Crippen molar-refractivity contribution in [1.82, 2.24) is 0 Å². The fourth-order valence-corrected chi connectivity index (χ4v) is 4.12. The van der Waals surface area contributed by atoms with Crippen molar-refractivity contribution in [2.45, 2.75) is 30.0 Å². The molecule has 0 saturated carbocycles. The van der Waals surface area contributed by atoms with E-state index in [1.54, 1.807) is 91.0 Å². The normalized spacial score (nSPS) is 23.0. The van der Waals surface area contributed by atoms with Crippen LogP contribution in [0.4, 0.5) is 0 Å². The molecule has 0 unspecified atom stereocenters. The van der Waals surface area contributed by atoms with Crippen LogP contribution in [-0.4, -0.2) is 61.6 Å². The molecule has 3 aromatic carbocycles. The Morgan fingerprint density at radius 3 is 1.59 bits per heavy atom. The van der Waals surface area contributed by atoms with Crippen LogP contribution in [0.2, 0.25) is 0 Å². The maximum Gasteiger partial charge on any atom is 0.338 e. The molecule has 9 heteroatoms. The van der Waals surface area contributed by atoms with Gasteiger partial charge in [-0.3, -0.25) is 0 Å². The number of alkyl halides is 1. The van der Waals surface area contributed by atoms with Crippen molar-refractivity contribution in [3.05, 3.63) is 108 Å². The first kappa shape index (κ1) is 26.3. The van der Waals surface area contributed by atoms with E-state index in [9.17, 15) is 14.4 Å². The van der Waals surface area contributed by atoms with Crippen LogP contribution in [-0.2, 0) is 23.7 Å². The van der Waals surface area contributed by atoms with Crippen LogP contribution >= 0.6 is 11.6 Å². The predicted molar refractivity (Wildman–Crippen MR) is 133 cm³/mol. The van der Waals surface area contributed by atoms with Gasteiger partial charge in [-0.05, 0) is 36.4 Å². The minimum absolute atomic E-state index is 0.250. The first-order valence-electron chi connectivity index (χ1n) is 11.5. The van der Waals surface area contributed by atoms with Gasteiger partial charge in [-0.1, -0.05) is 54.6 Å². The number of carbonyl (C=O) groups is 3. The molecule has 1 heterocycles. The van der Waals surface area contributed by atoms with Gasteiger partial charge in [0.15, 0.2) is 18.5 Å². The number of benzene rings is 3. The average molecular weight is 525 g/mol. The van der Waals surface area contributed by atoms with Crippen molar-refractivity contribution < 1.29 is 38.1 Å². The molecule has 0 aliphatic carbocycles. The second kappa shape index (κ2) is 12.5. The molecule has 1 saturated heterocycles. The number of esters is 3. The molecule has 1 fully saturated rings. The largest absolute Gasteiger partial charge is 0.459 e. The summed E-state index contributed by atoms with van der Waals surface area (Å²) in [5.41, 5.74) is 0.928. The zero-order valence-electron chi connectivity index (χ0n) is 19.9. The molecular formula is C28H25ClO8. The van der Waals surface area contributed by atoms with Gasteiger partial charge in [0.2, 0.25) is 0 Å². The number of hydrogen-bond donors (Lipinski definition) is 0. The molecule has 0 amide bonds. The van der Waals surface area contributed by atoms with Crippen LogP contribution in [0.5, 0.6) is 0 Å². The van der Waals surface area contributed by atoms with Gasteiger partial charge >= 0.3 is 17.9 Å². The summed E-state index contributed by atoms with van der Waals surface area (Å²) in [4.78, 5) is 38.2. The third-order valence-electron chi connectivity index (χ3n) is 5.70. The Bertz CT molecular complexity index is 1190. The number of rotatable bonds is 8. The molecular weight excluding hydrogens is 500 g/mol. The Labute approximate surface area is 219 Å². The Morgan fingerprint density at radius 2 is 1.14 bits per heavy atom. The standard InChI is InChI=1S/C28H25ClO8/c1-33-28-24(37-27(32)20-15-9-4-10-16-20)23(36-26(31)19-13-7-3-8-14-19)22(29)21(35-28)17-34-25(30)18-11-5-2-6-12-18/h2-16,21-24,28H,17H2,1H3/t21-,22-,23-,24+,28+/m1/s1. The van der Waals surface area contributed by atoms with E-state index in [1.807, 2.05) is 0 Å². The molecule has 0 aromatic heterocycles. The summed E-state index contributed by atoms with van der Waals surface area (Å²) in [6.07, 6.45) is -4.47. The van der Waals surface area contributed by atoms with E-state index in [-0.39, 0.29) is 17.7 Å². The van der Waals surface area contributed by atoms with Gasteiger partial charge in [-0.2, -0.15) is 0 Å². The zero-order chi connectivity index (χ0) is 26.2. The Morgan fingerprint density at radius 1 is 0.703 bits per heavy atom. The maximum atomic E-state index is 12.9. The zero-order valence-corrected chi connectivity index (χ0v) is 20.7. The maximum absolute atomic E-state index is 12.9. The van der Waals surface area contributed by atoms with E-state index in [4.69, 9.17) is 35.3 Å². The molecule has 4 rings (SSSR count).